The van der Waals surface area contributed by atoms with Gasteiger partial charge in [-0.25, -0.2) is 4.98 Å². The van der Waals surface area contributed by atoms with Crippen LogP contribution in [0.1, 0.15) is 65.5 Å². The Morgan fingerprint density at radius 1 is 1.15 bits per heavy atom. The van der Waals surface area contributed by atoms with E-state index in [2.05, 4.69) is 20.4 Å². The molecule has 1 fully saturated rings. The summed E-state index contributed by atoms with van der Waals surface area (Å²) < 4.78 is 1.69. The molecule has 2 heterocycles. The minimum atomic E-state index is -0.811. The fraction of sp³-hybridized carbons (Fsp3) is 0.423. The lowest BCUT2D eigenvalue weighted by atomic mass is 9.94. The third-order valence-corrected chi connectivity index (χ3v) is 6.38. The van der Waals surface area contributed by atoms with Crippen molar-refractivity contribution in [2.75, 3.05) is 6.54 Å². The number of amides is 2. The first-order valence-electron chi connectivity index (χ1n) is 11.9. The lowest BCUT2D eigenvalue weighted by molar-refractivity contribution is -0.126. The molecule has 4 rings (SSSR count). The molecule has 0 aliphatic heterocycles. The topological polar surface area (TPSA) is 93.0 Å². The van der Waals surface area contributed by atoms with Crippen LogP contribution in [-0.2, 0) is 18.3 Å². The number of hydrogen-bond acceptors (Lipinski definition) is 5. The summed E-state index contributed by atoms with van der Waals surface area (Å²) in [5.74, 6) is -0.496. The minimum absolute atomic E-state index is 0.128. The first-order valence-corrected chi connectivity index (χ1v) is 11.9. The summed E-state index contributed by atoms with van der Waals surface area (Å²) >= 11 is 0. The van der Waals surface area contributed by atoms with E-state index in [1.54, 1.807) is 9.58 Å². The standard InChI is InChI=1S/C26H32N6O2/c1-19-22(18-31(2)30-19)24(25(33)29-21-11-7-4-8-12-21)32(16-13-20-9-5-3-6-10-20)26(34)23-17-27-14-15-28-23/h3,5-6,9-10,14-15,17-18,21,24H,4,7-8,11-13,16H2,1-2H3,(H,29,33)/t24-/m0/s1. The van der Waals surface area contributed by atoms with Crippen molar-refractivity contribution in [3.8, 4) is 0 Å². The van der Waals surface area contributed by atoms with E-state index in [-0.39, 0.29) is 23.6 Å². The van der Waals surface area contributed by atoms with Crippen LogP contribution in [0.4, 0.5) is 0 Å². The van der Waals surface area contributed by atoms with Crippen LogP contribution < -0.4 is 5.32 Å². The number of aryl methyl sites for hydroxylation is 2. The highest BCUT2D eigenvalue weighted by Crippen LogP contribution is 2.27. The second kappa shape index (κ2) is 11.0. The Morgan fingerprint density at radius 2 is 1.91 bits per heavy atom. The molecule has 8 nitrogen and oxygen atoms in total. The molecule has 0 radical (unpaired) electrons. The van der Waals surface area contributed by atoms with Crippen molar-refractivity contribution < 1.29 is 9.59 Å². The van der Waals surface area contributed by atoms with Crippen LogP contribution >= 0.6 is 0 Å². The van der Waals surface area contributed by atoms with Gasteiger partial charge in [0.15, 0.2) is 0 Å². The minimum Gasteiger partial charge on any atom is -0.351 e. The zero-order chi connectivity index (χ0) is 23.9. The molecule has 34 heavy (non-hydrogen) atoms. The Balaban J connectivity index is 1.70. The van der Waals surface area contributed by atoms with Crippen LogP contribution in [0.5, 0.6) is 0 Å². The average molecular weight is 461 g/mol. The first-order chi connectivity index (χ1) is 16.5. The van der Waals surface area contributed by atoms with Gasteiger partial charge < -0.3 is 10.2 Å². The van der Waals surface area contributed by atoms with Crippen molar-refractivity contribution in [2.24, 2.45) is 7.05 Å². The summed E-state index contributed by atoms with van der Waals surface area (Å²) in [7, 11) is 1.82. The smallest absolute Gasteiger partial charge is 0.275 e. The Morgan fingerprint density at radius 3 is 2.56 bits per heavy atom. The average Bonchev–Trinajstić information content (AvgIpc) is 3.20. The number of carbonyl (C=O) groups excluding carboxylic acids is 2. The van der Waals surface area contributed by atoms with Crippen LogP contribution in [0.3, 0.4) is 0 Å². The fourth-order valence-corrected chi connectivity index (χ4v) is 4.66. The molecule has 1 N–H and O–H groups in total. The highest BCUT2D eigenvalue weighted by atomic mass is 16.2. The van der Waals surface area contributed by atoms with Crippen molar-refractivity contribution in [2.45, 2.75) is 57.5 Å². The third kappa shape index (κ3) is 5.68. The third-order valence-electron chi connectivity index (χ3n) is 6.38. The van der Waals surface area contributed by atoms with E-state index >= 15 is 0 Å². The van der Waals surface area contributed by atoms with Crippen LogP contribution in [0.25, 0.3) is 0 Å². The van der Waals surface area contributed by atoms with E-state index in [9.17, 15) is 9.59 Å². The maximum absolute atomic E-state index is 13.8. The highest BCUT2D eigenvalue weighted by Gasteiger charge is 2.35. The second-order valence-corrected chi connectivity index (χ2v) is 8.91. The number of hydrogen-bond donors (Lipinski definition) is 1. The first kappa shape index (κ1) is 23.6. The molecule has 0 spiro atoms. The predicted octanol–water partition coefficient (Wildman–Crippen LogP) is 3.39. The summed E-state index contributed by atoms with van der Waals surface area (Å²) in [6, 6.07) is 9.28. The van der Waals surface area contributed by atoms with Gasteiger partial charge in [0.1, 0.15) is 11.7 Å². The molecule has 1 saturated carbocycles. The maximum atomic E-state index is 13.8. The zero-order valence-electron chi connectivity index (χ0n) is 19.9. The summed E-state index contributed by atoms with van der Waals surface area (Å²) in [4.78, 5) is 37.4. The number of aromatic nitrogens is 4. The number of rotatable bonds is 8. The van der Waals surface area contributed by atoms with Gasteiger partial charge in [-0.05, 0) is 31.7 Å². The number of benzene rings is 1. The molecule has 1 aromatic carbocycles. The number of carbonyl (C=O) groups is 2. The lowest BCUT2D eigenvalue weighted by Crippen LogP contribution is -2.48. The van der Waals surface area contributed by atoms with E-state index in [1.165, 1.54) is 25.0 Å². The fourth-order valence-electron chi connectivity index (χ4n) is 4.66. The summed E-state index contributed by atoms with van der Waals surface area (Å²) in [5.41, 5.74) is 2.76. The van der Waals surface area contributed by atoms with E-state index in [1.807, 2.05) is 50.5 Å². The summed E-state index contributed by atoms with van der Waals surface area (Å²) in [6.45, 7) is 2.23. The number of nitrogens with one attached hydrogen (secondary N) is 1. The molecule has 0 unspecified atom stereocenters. The molecule has 2 aromatic heterocycles. The van der Waals surface area contributed by atoms with Gasteiger partial charge in [-0.1, -0.05) is 49.6 Å². The van der Waals surface area contributed by atoms with E-state index in [0.29, 0.717) is 13.0 Å². The molecular formula is C26H32N6O2. The summed E-state index contributed by atoms with van der Waals surface area (Å²) in [6.07, 6.45) is 12.3. The van der Waals surface area contributed by atoms with Crippen molar-refractivity contribution in [3.05, 3.63) is 77.6 Å². The van der Waals surface area contributed by atoms with Crippen molar-refractivity contribution >= 4 is 11.8 Å². The van der Waals surface area contributed by atoms with Gasteiger partial charge in [0.25, 0.3) is 5.91 Å². The Bertz CT molecular complexity index is 1090. The van der Waals surface area contributed by atoms with Gasteiger partial charge in [0.2, 0.25) is 5.91 Å². The molecule has 1 atom stereocenters. The molecule has 3 aromatic rings. The Hall–Kier alpha value is -3.55. The Kier molecular flexibility index (Phi) is 7.67. The van der Waals surface area contributed by atoms with E-state index in [0.717, 1.165) is 42.5 Å². The monoisotopic (exact) mass is 460 g/mol. The van der Waals surface area contributed by atoms with Gasteiger partial charge in [-0.2, -0.15) is 5.10 Å². The molecule has 0 saturated heterocycles. The molecule has 178 valence electrons. The molecule has 0 bridgehead atoms. The highest BCUT2D eigenvalue weighted by molar-refractivity contribution is 5.96. The lowest BCUT2D eigenvalue weighted by Gasteiger charge is -2.33. The van der Waals surface area contributed by atoms with Gasteiger partial charge in [0, 0.05) is 43.8 Å². The normalized spacial score (nSPS) is 15.0. The van der Waals surface area contributed by atoms with Crippen molar-refractivity contribution in [1.29, 1.82) is 0 Å². The molecule has 2 amide bonds. The largest absolute Gasteiger partial charge is 0.351 e. The molecule has 8 heteroatoms. The van der Waals surface area contributed by atoms with Crippen molar-refractivity contribution in [3.63, 3.8) is 0 Å². The van der Waals surface area contributed by atoms with Crippen LogP contribution in [0, 0.1) is 6.92 Å². The summed E-state index contributed by atoms with van der Waals surface area (Å²) in [5, 5.41) is 7.70. The zero-order valence-corrected chi connectivity index (χ0v) is 19.9. The number of nitrogens with zero attached hydrogens (tertiary/aromatic N) is 5. The van der Waals surface area contributed by atoms with E-state index in [4.69, 9.17) is 0 Å². The van der Waals surface area contributed by atoms with Gasteiger partial charge in [0.05, 0.1) is 11.9 Å². The SMILES string of the molecule is Cc1nn(C)cc1[C@@H](C(=O)NC1CCCCC1)N(CCc1ccccc1)C(=O)c1cnccn1. The molecule has 1 aliphatic rings. The van der Waals surface area contributed by atoms with Crippen LogP contribution in [0.2, 0.25) is 0 Å². The van der Waals surface area contributed by atoms with Crippen molar-refractivity contribution in [1.82, 2.24) is 30.0 Å². The van der Waals surface area contributed by atoms with E-state index < -0.39 is 6.04 Å². The van der Waals surface area contributed by atoms with Gasteiger partial charge in [-0.3, -0.25) is 19.3 Å². The maximum Gasteiger partial charge on any atom is 0.275 e. The van der Waals surface area contributed by atoms with Gasteiger partial charge in [-0.15, -0.1) is 0 Å². The Labute approximate surface area is 200 Å². The van der Waals surface area contributed by atoms with Gasteiger partial charge >= 0.3 is 0 Å². The second-order valence-electron chi connectivity index (χ2n) is 8.91. The molecule has 1 aliphatic carbocycles. The predicted molar refractivity (Wildman–Crippen MR) is 129 cm³/mol. The quantitative estimate of drug-likeness (QED) is 0.556. The van der Waals surface area contributed by atoms with Crippen LogP contribution in [0.15, 0.2) is 55.1 Å². The van der Waals surface area contributed by atoms with Crippen LogP contribution in [-0.4, -0.2) is 49.0 Å². The molecular weight excluding hydrogens is 428 g/mol.